The molecule has 0 N–H and O–H groups in total. The summed E-state index contributed by atoms with van der Waals surface area (Å²) in [7, 11) is 0. The lowest BCUT2D eigenvalue weighted by atomic mass is 10.0. The molecule has 0 aliphatic heterocycles. The highest BCUT2D eigenvalue weighted by Gasteiger charge is 2.41. The first-order valence-electron chi connectivity index (χ1n) is 3.92. The Bertz CT molecular complexity index is 224. The van der Waals surface area contributed by atoms with Crippen LogP contribution >= 0.6 is 27.3 Å². The minimum atomic E-state index is 0.640. The third kappa shape index (κ3) is 1.67. The Kier molecular flexibility index (Phi) is 2.06. The third-order valence-electron chi connectivity index (χ3n) is 2.40. The molecule has 11 heavy (non-hydrogen) atoms. The van der Waals surface area contributed by atoms with Gasteiger partial charge in [-0.05, 0) is 47.1 Å². The van der Waals surface area contributed by atoms with Gasteiger partial charge < -0.3 is 0 Å². The average molecular weight is 231 g/mol. The van der Waals surface area contributed by atoms with E-state index >= 15 is 0 Å². The van der Waals surface area contributed by atoms with E-state index in [4.69, 9.17) is 0 Å². The van der Waals surface area contributed by atoms with Gasteiger partial charge in [0.15, 0.2) is 0 Å². The van der Waals surface area contributed by atoms with E-state index in [1.54, 1.807) is 11.3 Å². The van der Waals surface area contributed by atoms with Gasteiger partial charge in [-0.25, -0.2) is 0 Å². The summed E-state index contributed by atoms with van der Waals surface area (Å²) in [6, 6.07) is 2.24. The topological polar surface area (TPSA) is 0 Å². The van der Waals surface area contributed by atoms with Crippen molar-refractivity contribution in [1.82, 2.24) is 0 Å². The van der Waals surface area contributed by atoms with E-state index in [0.29, 0.717) is 5.41 Å². The van der Waals surface area contributed by atoms with Gasteiger partial charge in [-0.2, -0.15) is 11.3 Å². The van der Waals surface area contributed by atoms with Crippen LogP contribution in [0.5, 0.6) is 0 Å². The zero-order valence-electron chi connectivity index (χ0n) is 6.35. The Morgan fingerprint density at radius 1 is 1.55 bits per heavy atom. The molecule has 2 rings (SSSR count). The molecule has 1 fully saturated rings. The Morgan fingerprint density at radius 2 is 2.36 bits per heavy atom. The lowest BCUT2D eigenvalue weighted by Gasteiger charge is -2.08. The highest BCUT2D eigenvalue weighted by atomic mass is 79.9. The molecular formula is C9H11BrS. The number of hydrogen-bond donors (Lipinski definition) is 0. The third-order valence-corrected chi connectivity index (χ3v) is 4.32. The normalized spacial score (nSPS) is 20.1. The van der Waals surface area contributed by atoms with Gasteiger partial charge in [0.25, 0.3) is 0 Å². The van der Waals surface area contributed by atoms with Gasteiger partial charge in [0.1, 0.15) is 0 Å². The van der Waals surface area contributed by atoms with Gasteiger partial charge in [-0.1, -0.05) is 15.9 Å². The van der Waals surface area contributed by atoms with Gasteiger partial charge in [-0.15, -0.1) is 0 Å². The van der Waals surface area contributed by atoms with Crippen molar-refractivity contribution in [3.8, 4) is 0 Å². The molecule has 0 amide bonds. The van der Waals surface area contributed by atoms with Crippen molar-refractivity contribution in [1.29, 1.82) is 0 Å². The molecule has 0 atom stereocenters. The van der Waals surface area contributed by atoms with Crippen LogP contribution in [0.3, 0.4) is 0 Å². The van der Waals surface area contributed by atoms with E-state index in [0.717, 1.165) is 0 Å². The van der Waals surface area contributed by atoms with Gasteiger partial charge in [0.05, 0.1) is 0 Å². The van der Waals surface area contributed by atoms with Crippen molar-refractivity contribution in [3.05, 3.63) is 22.4 Å². The second kappa shape index (κ2) is 2.91. The first-order valence-corrected chi connectivity index (χ1v) is 5.98. The molecule has 1 saturated carbocycles. The molecule has 0 unspecified atom stereocenters. The fraction of sp³-hybridized carbons (Fsp3) is 0.556. The number of alkyl halides is 1. The van der Waals surface area contributed by atoms with Crippen molar-refractivity contribution >= 4 is 27.3 Å². The maximum absolute atomic E-state index is 3.58. The van der Waals surface area contributed by atoms with E-state index in [1.165, 1.54) is 30.2 Å². The van der Waals surface area contributed by atoms with Gasteiger partial charge in [0, 0.05) is 5.33 Å². The number of hydrogen-bond acceptors (Lipinski definition) is 1. The molecule has 0 aromatic carbocycles. The Hall–Kier alpha value is 0.180. The molecule has 2 heteroatoms. The summed E-state index contributed by atoms with van der Waals surface area (Å²) in [4.78, 5) is 0. The van der Waals surface area contributed by atoms with Crippen LogP contribution in [0.2, 0.25) is 0 Å². The zero-order chi connectivity index (χ0) is 7.73. The van der Waals surface area contributed by atoms with Crippen molar-refractivity contribution in [2.24, 2.45) is 5.41 Å². The molecule has 60 valence electrons. The largest absolute Gasteiger partial charge is 0.152 e. The van der Waals surface area contributed by atoms with Crippen LogP contribution in [-0.4, -0.2) is 5.33 Å². The van der Waals surface area contributed by atoms with Crippen LogP contribution in [0.1, 0.15) is 18.4 Å². The summed E-state index contributed by atoms with van der Waals surface area (Å²) in [5.74, 6) is 0. The molecule has 1 aromatic heterocycles. The van der Waals surface area contributed by atoms with E-state index in [-0.39, 0.29) is 0 Å². The van der Waals surface area contributed by atoms with Gasteiger partial charge in [-0.3, -0.25) is 0 Å². The molecule has 0 saturated heterocycles. The fourth-order valence-corrected chi connectivity index (χ4v) is 2.79. The number of rotatable bonds is 3. The first-order chi connectivity index (χ1) is 5.35. The quantitative estimate of drug-likeness (QED) is 0.699. The van der Waals surface area contributed by atoms with Crippen LogP contribution in [0.15, 0.2) is 16.8 Å². The van der Waals surface area contributed by atoms with Crippen LogP contribution in [0.25, 0.3) is 0 Å². The molecule has 1 aliphatic carbocycles. The first kappa shape index (κ1) is 7.81. The smallest absolute Gasteiger partial charge is 0.00911 e. The van der Waals surface area contributed by atoms with E-state index in [1.807, 2.05) is 0 Å². The lowest BCUT2D eigenvalue weighted by molar-refractivity contribution is 0.587. The highest BCUT2D eigenvalue weighted by Crippen LogP contribution is 2.49. The maximum atomic E-state index is 3.58. The molecule has 1 aromatic rings. The van der Waals surface area contributed by atoms with Crippen LogP contribution in [0, 0.1) is 5.41 Å². The van der Waals surface area contributed by atoms with Gasteiger partial charge >= 0.3 is 0 Å². The zero-order valence-corrected chi connectivity index (χ0v) is 8.75. The predicted octanol–water partition coefficient (Wildman–Crippen LogP) is 3.47. The Morgan fingerprint density at radius 3 is 2.82 bits per heavy atom. The van der Waals surface area contributed by atoms with Crippen LogP contribution in [0.4, 0.5) is 0 Å². The average Bonchev–Trinajstić information content (AvgIpc) is 2.59. The van der Waals surface area contributed by atoms with Crippen LogP contribution < -0.4 is 0 Å². The second-order valence-corrected chi connectivity index (χ2v) is 4.78. The minimum Gasteiger partial charge on any atom is -0.152 e. The highest BCUT2D eigenvalue weighted by molar-refractivity contribution is 9.09. The molecule has 1 heterocycles. The minimum absolute atomic E-state index is 0.640. The van der Waals surface area contributed by atoms with E-state index in [9.17, 15) is 0 Å². The lowest BCUT2D eigenvalue weighted by Crippen LogP contribution is -2.04. The van der Waals surface area contributed by atoms with Crippen molar-refractivity contribution in [2.45, 2.75) is 19.3 Å². The maximum Gasteiger partial charge on any atom is 0.00911 e. The van der Waals surface area contributed by atoms with E-state index in [2.05, 4.69) is 32.8 Å². The summed E-state index contributed by atoms with van der Waals surface area (Å²) >= 11 is 5.39. The standard InChI is InChI=1S/C9H11BrS/c10-7-9(2-3-9)5-8-1-4-11-6-8/h1,4,6H,2-3,5,7H2. The summed E-state index contributed by atoms with van der Waals surface area (Å²) in [5, 5.41) is 5.61. The van der Waals surface area contributed by atoms with E-state index < -0.39 is 0 Å². The molecule has 0 radical (unpaired) electrons. The second-order valence-electron chi connectivity index (χ2n) is 3.44. The summed E-state index contributed by atoms with van der Waals surface area (Å²) in [5.41, 5.74) is 2.16. The summed E-state index contributed by atoms with van der Waals surface area (Å²) in [6.07, 6.45) is 4.10. The monoisotopic (exact) mass is 230 g/mol. The molecule has 0 nitrogen and oxygen atoms in total. The summed E-state index contributed by atoms with van der Waals surface area (Å²) < 4.78 is 0. The molecule has 0 bridgehead atoms. The van der Waals surface area contributed by atoms with Crippen molar-refractivity contribution in [2.75, 3.05) is 5.33 Å². The van der Waals surface area contributed by atoms with Crippen molar-refractivity contribution in [3.63, 3.8) is 0 Å². The Balaban J connectivity index is 2.01. The van der Waals surface area contributed by atoms with Crippen molar-refractivity contribution < 1.29 is 0 Å². The van der Waals surface area contributed by atoms with Gasteiger partial charge in [0.2, 0.25) is 0 Å². The summed E-state index contributed by atoms with van der Waals surface area (Å²) in [6.45, 7) is 0. The Labute approximate surface area is 79.8 Å². The number of thiophene rings is 1. The predicted molar refractivity (Wildman–Crippen MR) is 53.5 cm³/mol. The molecular weight excluding hydrogens is 220 g/mol. The molecule has 1 aliphatic rings. The SMILES string of the molecule is BrCC1(Cc2ccsc2)CC1. The number of halogens is 1. The molecule has 0 spiro atoms. The fourth-order valence-electron chi connectivity index (χ4n) is 1.36. The van der Waals surface area contributed by atoms with Crippen LogP contribution in [-0.2, 0) is 6.42 Å².